The Kier molecular flexibility index (Phi) is 7.10. The van der Waals surface area contributed by atoms with Gasteiger partial charge in [0.1, 0.15) is 11.9 Å². The number of pyridine rings is 1. The minimum Gasteiger partial charge on any atom is -0.481 e. The number of carbonyl (C=O) groups excluding carboxylic acids is 1. The van der Waals surface area contributed by atoms with E-state index in [0.29, 0.717) is 65.9 Å². The molecule has 2 aromatic heterocycles. The van der Waals surface area contributed by atoms with Crippen molar-refractivity contribution in [3.63, 3.8) is 0 Å². The normalized spacial score (nSPS) is 22.3. The van der Waals surface area contributed by atoms with Gasteiger partial charge in [-0.05, 0) is 75.0 Å². The van der Waals surface area contributed by atoms with Crippen LogP contribution in [-0.4, -0.2) is 37.9 Å². The van der Waals surface area contributed by atoms with Gasteiger partial charge < -0.3 is 19.6 Å². The number of halogens is 1. The van der Waals surface area contributed by atoms with Gasteiger partial charge in [-0.15, -0.1) is 0 Å². The SMILES string of the molecule is CC(=O)CC1CC=C(c2ccc(-c3nc4nc(OC5CCC(C(=O)O)CC5)[nH]c4cc3Cl)cc2)CC1. The lowest BCUT2D eigenvalue weighted by Gasteiger charge is -2.25. The zero-order valence-electron chi connectivity index (χ0n) is 20.3. The molecule has 0 spiro atoms. The van der Waals surface area contributed by atoms with Crippen LogP contribution in [0.3, 0.4) is 0 Å². The Bertz CT molecular complexity index is 1310. The van der Waals surface area contributed by atoms with Crippen molar-refractivity contribution in [1.82, 2.24) is 15.0 Å². The lowest BCUT2D eigenvalue weighted by molar-refractivity contribution is -0.143. The van der Waals surface area contributed by atoms with Gasteiger partial charge in [0.15, 0.2) is 5.65 Å². The summed E-state index contributed by atoms with van der Waals surface area (Å²) < 4.78 is 6.00. The third kappa shape index (κ3) is 5.46. The molecule has 0 saturated heterocycles. The molecule has 0 amide bonds. The Balaban J connectivity index is 1.28. The number of aromatic amines is 1. The van der Waals surface area contributed by atoms with E-state index in [0.717, 1.165) is 24.8 Å². The summed E-state index contributed by atoms with van der Waals surface area (Å²) in [5.41, 5.74) is 5.30. The van der Waals surface area contributed by atoms with Crippen molar-refractivity contribution in [3.05, 3.63) is 47.0 Å². The number of fused-ring (bicyclic) bond motifs is 1. The van der Waals surface area contributed by atoms with E-state index >= 15 is 0 Å². The van der Waals surface area contributed by atoms with Crippen LogP contribution in [0.4, 0.5) is 0 Å². The number of ketones is 1. The van der Waals surface area contributed by atoms with Crippen molar-refractivity contribution in [3.8, 4) is 17.3 Å². The number of aliphatic carboxylic acids is 1. The van der Waals surface area contributed by atoms with E-state index in [9.17, 15) is 14.7 Å². The van der Waals surface area contributed by atoms with Gasteiger partial charge in [-0.2, -0.15) is 4.98 Å². The van der Waals surface area contributed by atoms with Crippen LogP contribution in [0.1, 0.15) is 63.9 Å². The number of nitrogens with one attached hydrogen (secondary N) is 1. The zero-order valence-corrected chi connectivity index (χ0v) is 21.1. The number of rotatable bonds is 7. The summed E-state index contributed by atoms with van der Waals surface area (Å²) in [6, 6.07) is 10.5. The topological polar surface area (TPSA) is 105 Å². The first-order valence-corrected chi connectivity index (χ1v) is 13.0. The van der Waals surface area contributed by atoms with Crippen molar-refractivity contribution < 1.29 is 19.4 Å². The summed E-state index contributed by atoms with van der Waals surface area (Å²) in [7, 11) is 0. The van der Waals surface area contributed by atoms with Gasteiger partial charge in [0.05, 0.1) is 22.2 Å². The molecule has 0 bridgehead atoms. The van der Waals surface area contributed by atoms with E-state index in [1.165, 1.54) is 11.1 Å². The fourth-order valence-corrected chi connectivity index (χ4v) is 5.58. The number of hydrogen-bond acceptors (Lipinski definition) is 5. The molecule has 1 saturated carbocycles. The quantitative estimate of drug-likeness (QED) is 0.380. The number of allylic oxidation sites excluding steroid dienone is 2. The summed E-state index contributed by atoms with van der Waals surface area (Å²) in [5, 5.41) is 9.70. The van der Waals surface area contributed by atoms with Crippen molar-refractivity contribution in [2.45, 2.75) is 64.4 Å². The molecule has 36 heavy (non-hydrogen) atoms. The Hall–Kier alpha value is -3.19. The molecule has 5 rings (SSSR count). The number of aromatic nitrogens is 3. The smallest absolute Gasteiger partial charge is 0.306 e. The molecule has 1 fully saturated rings. The minimum atomic E-state index is -0.731. The van der Waals surface area contributed by atoms with Crippen molar-refractivity contribution >= 4 is 40.1 Å². The number of carbonyl (C=O) groups is 2. The first-order chi connectivity index (χ1) is 17.4. The molecule has 0 radical (unpaired) electrons. The van der Waals surface area contributed by atoms with Crippen LogP contribution in [0.25, 0.3) is 28.0 Å². The van der Waals surface area contributed by atoms with Crippen LogP contribution in [0.15, 0.2) is 36.4 Å². The first kappa shape index (κ1) is 24.5. The number of Topliss-reactive ketones (excluding diaryl/α,β-unsaturated/α-hetero) is 1. The third-order valence-electron chi connectivity index (χ3n) is 7.33. The Morgan fingerprint density at radius 1 is 1.08 bits per heavy atom. The highest BCUT2D eigenvalue weighted by molar-refractivity contribution is 6.33. The monoisotopic (exact) mass is 507 g/mol. The number of nitrogens with zero attached hydrogens (tertiary/aromatic N) is 2. The van der Waals surface area contributed by atoms with Gasteiger partial charge in [-0.1, -0.05) is 41.9 Å². The number of H-pyrrole nitrogens is 1. The summed E-state index contributed by atoms with van der Waals surface area (Å²) in [6.07, 6.45) is 8.45. The molecule has 1 unspecified atom stereocenters. The minimum absolute atomic E-state index is 0.0597. The van der Waals surface area contributed by atoms with Crippen LogP contribution in [0.2, 0.25) is 5.02 Å². The molecular formula is C28H30ClN3O4. The highest BCUT2D eigenvalue weighted by atomic mass is 35.5. The average Bonchev–Trinajstić information content (AvgIpc) is 3.25. The molecule has 3 aromatic rings. The number of imidazole rings is 1. The predicted molar refractivity (Wildman–Crippen MR) is 139 cm³/mol. The van der Waals surface area contributed by atoms with Crippen LogP contribution >= 0.6 is 11.6 Å². The average molecular weight is 508 g/mol. The molecule has 8 heteroatoms. The van der Waals surface area contributed by atoms with Crippen molar-refractivity contribution in [2.24, 2.45) is 11.8 Å². The second-order valence-electron chi connectivity index (χ2n) is 10.0. The molecule has 2 N–H and O–H groups in total. The van der Waals surface area contributed by atoms with Gasteiger partial charge >= 0.3 is 5.97 Å². The summed E-state index contributed by atoms with van der Waals surface area (Å²) in [6.45, 7) is 1.67. The maximum Gasteiger partial charge on any atom is 0.306 e. The van der Waals surface area contributed by atoms with E-state index in [4.69, 9.17) is 21.3 Å². The van der Waals surface area contributed by atoms with Gasteiger partial charge in [0.2, 0.25) is 0 Å². The largest absolute Gasteiger partial charge is 0.481 e. The fourth-order valence-electron chi connectivity index (χ4n) is 5.32. The first-order valence-electron chi connectivity index (χ1n) is 12.6. The number of carboxylic acid groups (broad SMARTS) is 1. The van der Waals surface area contributed by atoms with E-state index in [-0.39, 0.29) is 17.8 Å². The van der Waals surface area contributed by atoms with E-state index in [1.54, 1.807) is 6.92 Å². The Labute approximate surface area is 214 Å². The van der Waals surface area contributed by atoms with E-state index in [2.05, 4.69) is 28.2 Å². The van der Waals surface area contributed by atoms with Gasteiger partial charge in [-0.25, -0.2) is 4.98 Å². The molecule has 1 aromatic carbocycles. The number of carboxylic acids is 1. The summed E-state index contributed by atoms with van der Waals surface area (Å²) >= 11 is 6.58. The van der Waals surface area contributed by atoms with Crippen molar-refractivity contribution in [1.29, 1.82) is 0 Å². The zero-order chi connectivity index (χ0) is 25.2. The lowest BCUT2D eigenvalue weighted by atomic mass is 9.84. The highest BCUT2D eigenvalue weighted by Gasteiger charge is 2.27. The number of benzene rings is 1. The molecular weight excluding hydrogens is 478 g/mol. The fraction of sp³-hybridized carbons (Fsp3) is 0.429. The molecule has 2 heterocycles. The number of ether oxygens (including phenoxy) is 1. The van der Waals surface area contributed by atoms with Crippen LogP contribution in [-0.2, 0) is 9.59 Å². The van der Waals surface area contributed by atoms with Crippen LogP contribution < -0.4 is 4.74 Å². The molecule has 1 atom stereocenters. The summed E-state index contributed by atoms with van der Waals surface area (Å²) in [4.78, 5) is 34.9. The molecule has 2 aliphatic rings. The van der Waals surface area contributed by atoms with Gasteiger partial charge in [0.25, 0.3) is 6.01 Å². The lowest BCUT2D eigenvalue weighted by Crippen LogP contribution is -2.28. The van der Waals surface area contributed by atoms with Crippen molar-refractivity contribution in [2.75, 3.05) is 0 Å². The summed E-state index contributed by atoms with van der Waals surface area (Å²) in [5.74, 6) is -0.290. The van der Waals surface area contributed by atoms with Gasteiger partial charge in [0, 0.05) is 12.0 Å². The van der Waals surface area contributed by atoms with E-state index in [1.807, 2.05) is 18.2 Å². The molecule has 7 nitrogen and oxygen atoms in total. The molecule has 2 aliphatic carbocycles. The Morgan fingerprint density at radius 2 is 1.81 bits per heavy atom. The van der Waals surface area contributed by atoms with Crippen LogP contribution in [0.5, 0.6) is 6.01 Å². The number of hydrogen-bond donors (Lipinski definition) is 2. The maximum absolute atomic E-state index is 11.4. The molecule has 0 aliphatic heterocycles. The maximum atomic E-state index is 11.4. The highest BCUT2D eigenvalue weighted by Crippen LogP contribution is 2.35. The Morgan fingerprint density at radius 3 is 2.44 bits per heavy atom. The standard InChI is InChI=1S/C28H30ClN3O4/c1-16(33)14-17-2-4-18(5-3-17)19-6-8-20(9-7-19)25-23(29)15-24-26(31-25)32-28(30-24)36-22-12-10-21(11-13-22)27(34)35/h4,6-9,15,17,21-22H,2-3,5,10-14H2,1H3,(H,34,35)(H,30,31,32). The van der Waals surface area contributed by atoms with E-state index < -0.39 is 5.97 Å². The van der Waals surface area contributed by atoms with Gasteiger partial charge in [-0.3, -0.25) is 4.79 Å². The molecule has 188 valence electrons. The second-order valence-corrected chi connectivity index (χ2v) is 10.4. The van der Waals surface area contributed by atoms with Crippen LogP contribution in [0, 0.1) is 11.8 Å². The second kappa shape index (κ2) is 10.4. The predicted octanol–water partition coefficient (Wildman–Crippen LogP) is 6.46. The third-order valence-corrected chi connectivity index (χ3v) is 7.62.